The van der Waals surface area contributed by atoms with E-state index < -0.39 is 0 Å². The van der Waals surface area contributed by atoms with E-state index in [9.17, 15) is 0 Å². The van der Waals surface area contributed by atoms with Gasteiger partial charge in [0.05, 0.1) is 0 Å². The van der Waals surface area contributed by atoms with E-state index in [-0.39, 0.29) is 7.43 Å². The van der Waals surface area contributed by atoms with Gasteiger partial charge in [-0.1, -0.05) is 7.43 Å². The molecule has 0 aromatic rings. The van der Waals surface area contributed by atoms with Gasteiger partial charge >= 0.3 is 0 Å². The summed E-state index contributed by atoms with van der Waals surface area (Å²) in [4.78, 5) is 2.50. The van der Waals surface area contributed by atoms with Crippen molar-refractivity contribution in [1.82, 2.24) is 0 Å². The number of rotatable bonds is 0. The second-order valence-corrected chi connectivity index (χ2v) is 0.354. The summed E-state index contributed by atoms with van der Waals surface area (Å²) in [6.45, 7) is 3.24. The Hall–Kier alpha value is -0.330. The third kappa shape index (κ3) is 6.88. The number of hydrogen-bond donors (Lipinski definition) is 1. The zero-order valence-electron chi connectivity index (χ0n) is 2.21. The van der Waals surface area contributed by atoms with E-state index in [0.717, 1.165) is 0 Å². The van der Waals surface area contributed by atoms with Crippen molar-refractivity contribution in [2.24, 2.45) is 0 Å². The second-order valence-electron chi connectivity index (χ2n) is 0.354. The Labute approximate surface area is 27.4 Å². The normalized spacial score (nSPS) is 3.25. The van der Waals surface area contributed by atoms with Crippen molar-refractivity contribution in [2.45, 2.75) is 7.43 Å². The fourth-order valence-electron chi connectivity index (χ4n) is 0. The fourth-order valence-corrected chi connectivity index (χ4v) is 0. The Bertz CT molecular complexity index is 10.8. The topological polar surface area (TPSA) is 14.0 Å². The van der Waals surface area contributed by atoms with E-state index in [2.05, 4.69) is 11.7 Å². The summed E-state index contributed by atoms with van der Waals surface area (Å²) >= 11 is 0. The highest BCUT2D eigenvalue weighted by molar-refractivity contribution is 5.11. The van der Waals surface area contributed by atoms with Gasteiger partial charge in [-0.05, 0) is 0 Å². The van der Waals surface area contributed by atoms with E-state index in [4.69, 9.17) is 0 Å². The van der Waals surface area contributed by atoms with Crippen LogP contribution in [0.5, 0.6) is 0 Å². The van der Waals surface area contributed by atoms with Crippen molar-refractivity contribution in [3.63, 3.8) is 0 Å². The minimum absolute atomic E-state index is 0. The van der Waals surface area contributed by atoms with E-state index in [1.165, 1.54) is 0 Å². The van der Waals surface area contributed by atoms with Gasteiger partial charge < -0.3 is 0 Å². The molecule has 0 spiro atoms. The molecular weight excluding hydrogens is 50.0 g/mol. The van der Waals surface area contributed by atoms with Crippen molar-refractivity contribution in [2.75, 3.05) is 7.05 Å². The maximum Gasteiger partial charge on any atom is 0.130 e. The molecule has 4 heavy (non-hydrogen) atoms. The fraction of sp³-hybridized carbons (Fsp3) is 0.667. The van der Waals surface area contributed by atoms with E-state index in [1.54, 1.807) is 7.05 Å². The highest BCUT2D eigenvalue weighted by atomic mass is 14.6. The van der Waals surface area contributed by atoms with Crippen LogP contribution >= 0.6 is 0 Å². The molecule has 0 radical (unpaired) electrons. The predicted octanol–water partition coefficient (Wildman–Crippen LogP) is -0.966. The smallest absolute Gasteiger partial charge is 0.130 e. The summed E-state index contributed by atoms with van der Waals surface area (Å²) in [6.07, 6.45) is 0. The van der Waals surface area contributed by atoms with Crippen molar-refractivity contribution >= 4 is 6.72 Å². The Morgan fingerprint density at radius 3 is 1.75 bits per heavy atom. The monoisotopic (exact) mass is 60.1 g/mol. The van der Waals surface area contributed by atoms with Crippen molar-refractivity contribution < 1.29 is 4.99 Å². The largest absolute Gasteiger partial charge is 0.257 e. The molecule has 1 nitrogen and oxygen atoms in total. The molecule has 0 aromatic heterocycles. The summed E-state index contributed by atoms with van der Waals surface area (Å²) in [5, 5.41) is 0. The lowest BCUT2D eigenvalue weighted by Gasteiger charge is -1.30. The van der Waals surface area contributed by atoms with Gasteiger partial charge in [-0.15, -0.1) is 0 Å². The number of hydrogen-bond acceptors (Lipinski definition) is 0. The molecule has 0 aromatic carbocycles. The van der Waals surface area contributed by atoms with Crippen LogP contribution in [0.15, 0.2) is 0 Å². The van der Waals surface area contributed by atoms with Crippen LogP contribution in [0.2, 0.25) is 0 Å². The maximum atomic E-state index is 3.24. The molecule has 0 aliphatic carbocycles. The van der Waals surface area contributed by atoms with Crippen LogP contribution in [0, 0.1) is 0 Å². The molecule has 0 saturated carbocycles. The minimum atomic E-state index is 0. The second kappa shape index (κ2) is 16.6. The van der Waals surface area contributed by atoms with Gasteiger partial charge in [-0.2, -0.15) is 0 Å². The van der Waals surface area contributed by atoms with Crippen LogP contribution in [-0.4, -0.2) is 13.8 Å². The standard InChI is InChI=1S/C2H5N.CH4/c1-3-2;/h1H2,2H3;1H4/p+1. The first-order valence-corrected chi connectivity index (χ1v) is 0.854. The van der Waals surface area contributed by atoms with E-state index in [0.29, 0.717) is 0 Å². The highest BCUT2D eigenvalue weighted by Gasteiger charge is 1.18. The molecule has 26 valence electrons. The van der Waals surface area contributed by atoms with Gasteiger partial charge in [0, 0.05) is 0 Å². The molecule has 0 amide bonds. The van der Waals surface area contributed by atoms with Crippen LogP contribution in [0.25, 0.3) is 0 Å². The molecule has 0 unspecified atom stereocenters. The first-order chi connectivity index (χ1) is 1.41. The van der Waals surface area contributed by atoms with Crippen molar-refractivity contribution in [3.8, 4) is 0 Å². The molecule has 0 fully saturated rings. The third-order valence-electron chi connectivity index (χ3n) is 0. The molecule has 0 heterocycles. The molecule has 1 N–H and O–H groups in total. The van der Waals surface area contributed by atoms with Gasteiger partial charge in [0.25, 0.3) is 0 Å². The van der Waals surface area contributed by atoms with Crippen LogP contribution in [0.1, 0.15) is 7.43 Å². The van der Waals surface area contributed by atoms with E-state index in [1.807, 2.05) is 0 Å². The first kappa shape index (κ1) is 9.38. The first-order valence-electron chi connectivity index (χ1n) is 0.854. The zero-order valence-corrected chi connectivity index (χ0v) is 2.21. The Morgan fingerprint density at radius 1 is 1.75 bits per heavy atom. The van der Waals surface area contributed by atoms with Crippen LogP contribution < -0.4 is 4.99 Å². The molecule has 0 rings (SSSR count). The average Bonchev–Trinajstić information content (AvgIpc) is 0.918. The predicted molar refractivity (Wildman–Crippen MR) is 20.7 cm³/mol. The molecule has 0 atom stereocenters. The lowest BCUT2D eigenvalue weighted by molar-refractivity contribution is -0.409. The summed E-state index contributed by atoms with van der Waals surface area (Å²) in [5.41, 5.74) is 0. The van der Waals surface area contributed by atoms with Gasteiger partial charge in [-0.25, -0.2) is 0 Å². The Kier molecular flexibility index (Phi) is 38.9. The van der Waals surface area contributed by atoms with Crippen LogP contribution in [0.4, 0.5) is 0 Å². The summed E-state index contributed by atoms with van der Waals surface area (Å²) < 4.78 is 0. The molecule has 1 heteroatoms. The summed E-state index contributed by atoms with van der Waals surface area (Å²) in [7, 11) is 1.76. The van der Waals surface area contributed by atoms with Crippen molar-refractivity contribution in [1.29, 1.82) is 0 Å². The Morgan fingerprint density at radius 2 is 1.75 bits per heavy atom. The molecular formula is C3H10N+. The molecule has 0 saturated heterocycles. The van der Waals surface area contributed by atoms with E-state index >= 15 is 0 Å². The lowest BCUT2D eigenvalue weighted by Crippen LogP contribution is -2.59. The van der Waals surface area contributed by atoms with Gasteiger partial charge in [-0.3, -0.25) is 4.99 Å². The van der Waals surface area contributed by atoms with Crippen LogP contribution in [0.3, 0.4) is 0 Å². The maximum absolute atomic E-state index is 3.24. The molecule has 0 bridgehead atoms. The van der Waals surface area contributed by atoms with Crippen LogP contribution in [-0.2, 0) is 0 Å². The SMILES string of the molecule is C.C=[NH+]C. The molecule has 0 aliphatic rings. The molecule has 0 aliphatic heterocycles. The average molecular weight is 60.1 g/mol. The zero-order chi connectivity index (χ0) is 2.71. The Balaban J connectivity index is 0. The van der Waals surface area contributed by atoms with Gasteiger partial charge in [0.15, 0.2) is 0 Å². The minimum Gasteiger partial charge on any atom is -0.257 e. The van der Waals surface area contributed by atoms with Crippen molar-refractivity contribution in [3.05, 3.63) is 0 Å². The lowest BCUT2D eigenvalue weighted by atomic mass is 11.4. The quantitative estimate of drug-likeness (QED) is 0.346. The summed E-state index contributed by atoms with van der Waals surface area (Å²) in [6, 6.07) is 0. The highest BCUT2D eigenvalue weighted by Crippen LogP contribution is 0.410. The summed E-state index contributed by atoms with van der Waals surface area (Å²) in [5.74, 6) is 0. The van der Waals surface area contributed by atoms with Gasteiger partial charge in [0.2, 0.25) is 0 Å². The van der Waals surface area contributed by atoms with Gasteiger partial charge in [0.1, 0.15) is 13.8 Å². The number of nitrogens with one attached hydrogen (secondary N) is 1. The third-order valence-corrected chi connectivity index (χ3v) is 0.